The SMILES string of the molecule is CC(=O)N(c1nc(/C=C/C(=O)NC2CCSCC2)cs1)c1ccccc1F. The summed E-state index contributed by atoms with van der Waals surface area (Å²) < 4.78 is 14.1. The zero-order valence-electron chi connectivity index (χ0n) is 14.9. The van der Waals surface area contributed by atoms with Crippen molar-refractivity contribution in [3.63, 3.8) is 0 Å². The van der Waals surface area contributed by atoms with Crippen LogP contribution in [0.5, 0.6) is 0 Å². The van der Waals surface area contributed by atoms with Crippen molar-refractivity contribution in [2.75, 3.05) is 16.4 Å². The van der Waals surface area contributed by atoms with E-state index in [9.17, 15) is 14.0 Å². The molecule has 0 atom stereocenters. The van der Waals surface area contributed by atoms with E-state index in [2.05, 4.69) is 10.3 Å². The fourth-order valence-corrected chi connectivity index (χ4v) is 4.70. The predicted octanol–water partition coefficient (Wildman–Crippen LogP) is 3.99. The Morgan fingerprint density at radius 2 is 2.04 bits per heavy atom. The highest BCUT2D eigenvalue weighted by Crippen LogP contribution is 2.30. The second-order valence-corrected chi connectivity index (χ2v) is 8.15. The molecule has 0 saturated carbocycles. The van der Waals surface area contributed by atoms with Crippen LogP contribution in [0.2, 0.25) is 0 Å². The molecule has 0 spiro atoms. The fraction of sp³-hybridized carbons (Fsp3) is 0.316. The molecule has 1 aromatic carbocycles. The van der Waals surface area contributed by atoms with Crippen LogP contribution in [0.3, 0.4) is 0 Å². The molecule has 27 heavy (non-hydrogen) atoms. The van der Waals surface area contributed by atoms with Gasteiger partial charge in [0, 0.05) is 24.4 Å². The van der Waals surface area contributed by atoms with E-state index in [-0.39, 0.29) is 23.5 Å². The van der Waals surface area contributed by atoms with Crippen LogP contribution in [0.25, 0.3) is 6.08 Å². The molecule has 5 nitrogen and oxygen atoms in total. The van der Waals surface area contributed by atoms with Gasteiger partial charge in [-0.1, -0.05) is 12.1 Å². The molecule has 1 aliphatic heterocycles. The summed E-state index contributed by atoms with van der Waals surface area (Å²) in [4.78, 5) is 29.7. The quantitative estimate of drug-likeness (QED) is 0.764. The van der Waals surface area contributed by atoms with Crippen molar-refractivity contribution >= 4 is 51.8 Å². The van der Waals surface area contributed by atoms with E-state index in [1.807, 2.05) is 11.8 Å². The summed E-state index contributed by atoms with van der Waals surface area (Å²) >= 11 is 3.12. The van der Waals surface area contributed by atoms with E-state index in [4.69, 9.17) is 0 Å². The van der Waals surface area contributed by atoms with Crippen LogP contribution < -0.4 is 10.2 Å². The van der Waals surface area contributed by atoms with Crippen molar-refractivity contribution in [1.82, 2.24) is 10.3 Å². The Hall–Kier alpha value is -2.19. The van der Waals surface area contributed by atoms with Crippen LogP contribution >= 0.6 is 23.1 Å². The number of hydrogen-bond donors (Lipinski definition) is 1. The Kier molecular flexibility index (Phi) is 6.63. The number of carbonyl (C=O) groups is 2. The second kappa shape index (κ2) is 9.14. The maximum Gasteiger partial charge on any atom is 0.244 e. The molecule has 2 aromatic rings. The highest BCUT2D eigenvalue weighted by molar-refractivity contribution is 7.99. The summed E-state index contributed by atoms with van der Waals surface area (Å²) in [6, 6.07) is 6.29. The van der Waals surface area contributed by atoms with Gasteiger partial charge in [-0.25, -0.2) is 9.37 Å². The first-order chi connectivity index (χ1) is 13.0. The Bertz CT molecular complexity index is 847. The number of anilines is 2. The van der Waals surface area contributed by atoms with Crippen molar-refractivity contribution in [1.29, 1.82) is 0 Å². The topological polar surface area (TPSA) is 62.3 Å². The molecule has 1 saturated heterocycles. The molecule has 0 radical (unpaired) electrons. The third-order valence-corrected chi connectivity index (χ3v) is 5.98. The van der Waals surface area contributed by atoms with Gasteiger partial charge in [-0.15, -0.1) is 11.3 Å². The molecule has 1 aromatic heterocycles. The zero-order chi connectivity index (χ0) is 19.2. The van der Waals surface area contributed by atoms with Gasteiger partial charge in [0.25, 0.3) is 0 Å². The van der Waals surface area contributed by atoms with Crippen molar-refractivity contribution in [3.8, 4) is 0 Å². The van der Waals surface area contributed by atoms with Gasteiger partial charge in [0.1, 0.15) is 5.82 Å². The lowest BCUT2D eigenvalue weighted by Gasteiger charge is -2.21. The van der Waals surface area contributed by atoms with Crippen LogP contribution in [-0.2, 0) is 9.59 Å². The minimum atomic E-state index is -0.495. The summed E-state index contributed by atoms with van der Waals surface area (Å²) in [5.74, 6) is 1.16. The highest BCUT2D eigenvalue weighted by atomic mass is 32.2. The molecule has 0 unspecified atom stereocenters. The monoisotopic (exact) mass is 405 g/mol. The van der Waals surface area contributed by atoms with Crippen LogP contribution in [0, 0.1) is 5.82 Å². The van der Waals surface area contributed by atoms with E-state index >= 15 is 0 Å². The first-order valence-electron chi connectivity index (χ1n) is 8.61. The minimum Gasteiger partial charge on any atom is -0.350 e. The molecule has 1 aliphatic rings. The van der Waals surface area contributed by atoms with Crippen molar-refractivity contribution in [2.24, 2.45) is 0 Å². The number of rotatable bonds is 5. The van der Waals surface area contributed by atoms with Crippen LogP contribution in [0.4, 0.5) is 15.2 Å². The number of hydrogen-bond acceptors (Lipinski definition) is 5. The molecular weight excluding hydrogens is 385 g/mol. The lowest BCUT2D eigenvalue weighted by atomic mass is 10.1. The number of nitrogens with one attached hydrogen (secondary N) is 1. The average molecular weight is 406 g/mol. The van der Waals surface area contributed by atoms with Gasteiger partial charge in [-0.3, -0.25) is 14.5 Å². The maximum atomic E-state index is 14.1. The van der Waals surface area contributed by atoms with Gasteiger partial charge in [0.15, 0.2) is 5.13 Å². The summed E-state index contributed by atoms with van der Waals surface area (Å²) in [6.45, 7) is 1.36. The molecule has 2 heterocycles. The van der Waals surface area contributed by atoms with Gasteiger partial charge < -0.3 is 5.32 Å². The number of thiazole rings is 1. The van der Waals surface area contributed by atoms with Gasteiger partial charge in [-0.05, 0) is 42.6 Å². The molecule has 1 N–H and O–H groups in total. The standard InChI is InChI=1S/C19H20FN3O2S2/c1-13(24)23(17-5-3-2-4-16(17)20)19-22-15(12-27-19)6-7-18(25)21-14-8-10-26-11-9-14/h2-7,12,14H,8-11H2,1H3,(H,21,25)/b7-6+. The lowest BCUT2D eigenvalue weighted by molar-refractivity contribution is -0.117. The van der Waals surface area contributed by atoms with E-state index < -0.39 is 5.82 Å². The summed E-state index contributed by atoms with van der Waals surface area (Å²) in [5, 5.41) is 5.08. The lowest BCUT2D eigenvalue weighted by Crippen LogP contribution is -2.36. The van der Waals surface area contributed by atoms with E-state index in [0.29, 0.717) is 10.8 Å². The normalized spacial score (nSPS) is 15.0. The number of amides is 2. The van der Waals surface area contributed by atoms with Gasteiger partial charge in [0.2, 0.25) is 11.8 Å². The van der Waals surface area contributed by atoms with Crippen molar-refractivity contribution in [3.05, 3.63) is 47.2 Å². The Labute approximate surface area is 165 Å². The highest BCUT2D eigenvalue weighted by Gasteiger charge is 2.20. The molecular formula is C19H20FN3O2S2. The zero-order valence-corrected chi connectivity index (χ0v) is 16.5. The number of aromatic nitrogens is 1. The molecule has 3 rings (SSSR count). The van der Waals surface area contributed by atoms with Crippen LogP contribution in [0.15, 0.2) is 35.7 Å². The first kappa shape index (κ1) is 19.6. The van der Waals surface area contributed by atoms with Gasteiger partial charge >= 0.3 is 0 Å². The number of halogens is 1. The van der Waals surface area contributed by atoms with Crippen molar-refractivity contribution < 1.29 is 14.0 Å². The Morgan fingerprint density at radius 3 is 2.74 bits per heavy atom. The first-order valence-corrected chi connectivity index (χ1v) is 10.6. The summed E-state index contributed by atoms with van der Waals surface area (Å²) in [7, 11) is 0. The Morgan fingerprint density at radius 1 is 1.30 bits per heavy atom. The molecule has 1 fully saturated rings. The average Bonchev–Trinajstić information content (AvgIpc) is 3.11. The third kappa shape index (κ3) is 5.17. The van der Waals surface area contributed by atoms with Crippen LogP contribution in [0.1, 0.15) is 25.5 Å². The van der Waals surface area contributed by atoms with Crippen molar-refractivity contribution in [2.45, 2.75) is 25.8 Å². The largest absolute Gasteiger partial charge is 0.350 e. The number of nitrogens with zero attached hydrogens (tertiary/aromatic N) is 2. The summed E-state index contributed by atoms with van der Waals surface area (Å²) in [5.41, 5.74) is 0.703. The second-order valence-electron chi connectivity index (χ2n) is 6.09. The maximum absolute atomic E-state index is 14.1. The van der Waals surface area contributed by atoms with Crippen LogP contribution in [-0.4, -0.2) is 34.3 Å². The third-order valence-electron chi connectivity index (χ3n) is 4.08. The van der Waals surface area contributed by atoms with Gasteiger partial charge in [-0.2, -0.15) is 11.8 Å². The molecule has 142 valence electrons. The number of para-hydroxylation sites is 1. The van der Waals surface area contributed by atoms with E-state index in [0.717, 1.165) is 24.3 Å². The summed E-state index contributed by atoms with van der Waals surface area (Å²) in [6.07, 6.45) is 5.02. The molecule has 0 aliphatic carbocycles. The van der Waals surface area contributed by atoms with Gasteiger partial charge in [0.05, 0.1) is 11.4 Å². The molecule has 2 amide bonds. The predicted molar refractivity (Wildman–Crippen MR) is 109 cm³/mol. The minimum absolute atomic E-state index is 0.154. The van der Waals surface area contributed by atoms with E-state index in [1.165, 1.54) is 41.4 Å². The fourth-order valence-electron chi connectivity index (χ4n) is 2.75. The smallest absolute Gasteiger partial charge is 0.244 e. The number of carbonyl (C=O) groups excluding carboxylic acids is 2. The molecule has 8 heteroatoms. The Balaban J connectivity index is 1.70. The number of thioether (sulfide) groups is 1. The molecule has 0 bridgehead atoms. The van der Waals surface area contributed by atoms with E-state index in [1.54, 1.807) is 23.6 Å². The number of benzene rings is 1.